The lowest BCUT2D eigenvalue weighted by Gasteiger charge is -2.18. The van der Waals surface area contributed by atoms with E-state index in [-0.39, 0.29) is 5.41 Å². The fourth-order valence-corrected chi connectivity index (χ4v) is 3.42. The van der Waals surface area contributed by atoms with Gasteiger partial charge in [0.15, 0.2) is 0 Å². The van der Waals surface area contributed by atoms with E-state index in [1.54, 1.807) is 11.3 Å². The van der Waals surface area contributed by atoms with E-state index < -0.39 is 0 Å². The average molecular weight is 259 g/mol. The molecule has 3 nitrogen and oxygen atoms in total. The first-order valence-electron chi connectivity index (χ1n) is 6.13. The summed E-state index contributed by atoms with van der Waals surface area (Å²) in [6.45, 7) is 7.65. The first-order chi connectivity index (χ1) is 8.47. The van der Waals surface area contributed by atoms with E-state index in [0.29, 0.717) is 0 Å². The molecular formula is C14H17N3S. The van der Waals surface area contributed by atoms with Crippen LogP contribution in [0, 0.1) is 6.92 Å². The number of likely N-dealkylation sites (N-methyl/N-ethyl adjacent to an activating group) is 1. The Morgan fingerprint density at radius 3 is 2.72 bits per heavy atom. The van der Waals surface area contributed by atoms with Crippen molar-refractivity contribution in [1.29, 1.82) is 0 Å². The lowest BCUT2D eigenvalue weighted by atomic mass is 9.86. The molecule has 2 aromatic rings. The summed E-state index contributed by atoms with van der Waals surface area (Å²) in [5.74, 6) is 0. The highest BCUT2D eigenvalue weighted by molar-refractivity contribution is 7.14. The van der Waals surface area contributed by atoms with Crippen LogP contribution in [0.3, 0.4) is 0 Å². The van der Waals surface area contributed by atoms with Gasteiger partial charge in [0.05, 0.1) is 0 Å². The van der Waals surface area contributed by atoms with Gasteiger partial charge in [0.2, 0.25) is 0 Å². The van der Waals surface area contributed by atoms with Crippen molar-refractivity contribution in [3.63, 3.8) is 0 Å². The summed E-state index contributed by atoms with van der Waals surface area (Å²) in [5, 5.41) is 10.3. The molecule has 0 saturated heterocycles. The molecule has 94 valence electrons. The van der Waals surface area contributed by atoms with Crippen molar-refractivity contribution >= 4 is 17.0 Å². The van der Waals surface area contributed by atoms with Gasteiger partial charge in [0, 0.05) is 30.3 Å². The van der Waals surface area contributed by atoms with Crippen LogP contribution in [-0.2, 0) is 5.41 Å². The van der Waals surface area contributed by atoms with Crippen molar-refractivity contribution in [2.75, 3.05) is 18.5 Å². The van der Waals surface area contributed by atoms with Crippen LogP contribution in [0.15, 0.2) is 18.2 Å². The Bertz CT molecular complexity index is 601. The Morgan fingerprint density at radius 2 is 2.06 bits per heavy atom. The van der Waals surface area contributed by atoms with Crippen molar-refractivity contribution < 1.29 is 0 Å². The van der Waals surface area contributed by atoms with Crippen molar-refractivity contribution in [3.8, 4) is 10.6 Å². The van der Waals surface area contributed by atoms with Crippen LogP contribution in [0.5, 0.6) is 0 Å². The molecule has 0 bridgehead atoms. The zero-order chi connectivity index (χ0) is 12.9. The number of hydrogen-bond donors (Lipinski definition) is 0. The van der Waals surface area contributed by atoms with Gasteiger partial charge in [-0.3, -0.25) is 0 Å². The molecule has 0 spiro atoms. The van der Waals surface area contributed by atoms with Gasteiger partial charge in [-0.25, -0.2) is 0 Å². The third-order valence-corrected chi connectivity index (χ3v) is 4.43. The van der Waals surface area contributed by atoms with E-state index >= 15 is 0 Å². The third kappa shape index (κ3) is 1.72. The predicted molar refractivity (Wildman–Crippen MR) is 76.4 cm³/mol. The largest absolute Gasteiger partial charge is 0.373 e. The first kappa shape index (κ1) is 11.7. The zero-order valence-corrected chi connectivity index (χ0v) is 12.0. The van der Waals surface area contributed by atoms with E-state index in [1.807, 2.05) is 6.92 Å². The van der Waals surface area contributed by atoms with Gasteiger partial charge < -0.3 is 4.90 Å². The molecule has 0 amide bonds. The highest BCUT2D eigenvalue weighted by Crippen LogP contribution is 2.41. The van der Waals surface area contributed by atoms with Crippen molar-refractivity contribution in [1.82, 2.24) is 10.2 Å². The second-order valence-electron chi connectivity index (χ2n) is 5.60. The summed E-state index contributed by atoms with van der Waals surface area (Å²) < 4.78 is 0. The van der Waals surface area contributed by atoms with E-state index in [2.05, 4.69) is 54.2 Å². The van der Waals surface area contributed by atoms with Crippen LogP contribution >= 0.6 is 11.3 Å². The van der Waals surface area contributed by atoms with Gasteiger partial charge in [-0.15, -0.1) is 10.2 Å². The minimum atomic E-state index is 0.236. The molecule has 1 aromatic carbocycles. The van der Waals surface area contributed by atoms with Gasteiger partial charge in [-0.1, -0.05) is 37.3 Å². The predicted octanol–water partition coefficient (Wildman–Crippen LogP) is 3.24. The second kappa shape index (κ2) is 3.79. The fourth-order valence-electron chi connectivity index (χ4n) is 2.73. The lowest BCUT2D eigenvalue weighted by molar-refractivity contribution is 0.563. The molecule has 1 aliphatic rings. The van der Waals surface area contributed by atoms with Gasteiger partial charge >= 0.3 is 0 Å². The molecule has 0 radical (unpaired) electrons. The smallest absolute Gasteiger partial charge is 0.147 e. The molecule has 18 heavy (non-hydrogen) atoms. The number of anilines is 1. The number of fused-ring (bicyclic) bond motifs is 1. The SMILES string of the molecule is Cc1nnc(-c2ccc3c(c2)N(C)CC3(C)C)s1. The Kier molecular flexibility index (Phi) is 2.45. The molecule has 1 aliphatic heterocycles. The Labute approximate surface area is 111 Å². The maximum Gasteiger partial charge on any atom is 0.147 e. The number of aryl methyl sites for hydroxylation is 1. The Balaban J connectivity index is 2.10. The van der Waals surface area contributed by atoms with E-state index in [4.69, 9.17) is 0 Å². The minimum Gasteiger partial charge on any atom is -0.373 e. The molecule has 1 aromatic heterocycles. The van der Waals surface area contributed by atoms with Crippen LogP contribution in [0.25, 0.3) is 10.6 Å². The van der Waals surface area contributed by atoms with Crippen LogP contribution in [0.1, 0.15) is 24.4 Å². The molecule has 0 fully saturated rings. The molecule has 0 unspecified atom stereocenters. The number of aromatic nitrogens is 2. The van der Waals surface area contributed by atoms with Crippen LogP contribution in [-0.4, -0.2) is 23.8 Å². The van der Waals surface area contributed by atoms with E-state index in [1.165, 1.54) is 16.8 Å². The monoisotopic (exact) mass is 259 g/mol. The standard InChI is InChI=1S/C14H17N3S/c1-9-15-16-13(18-9)10-5-6-11-12(7-10)17(4)8-14(11,2)3/h5-7H,8H2,1-4H3. The number of nitrogens with zero attached hydrogens (tertiary/aromatic N) is 3. The zero-order valence-electron chi connectivity index (χ0n) is 11.2. The summed E-state index contributed by atoms with van der Waals surface area (Å²) in [6.07, 6.45) is 0. The van der Waals surface area contributed by atoms with Crippen LogP contribution in [0.4, 0.5) is 5.69 Å². The maximum atomic E-state index is 4.22. The van der Waals surface area contributed by atoms with Gasteiger partial charge in [0.25, 0.3) is 0 Å². The Morgan fingerprint density at radius 1 is 1.28 bits per heavy atom. The van der Waals surface area contributed by atoms with Crippen LogP contribution < -0.4 is 4.90 Å². The molecular weight excluding hydrogens is 242 g/mol. The summed E-state index contributed by atoms with van der Waals surface area (Å²) in [5.41, 5.74) is 4.16. The lowest BCUT2D eigenvalue weighted by Crippen LogP contribution is -2.24. The topological polar surface area (TPSA) is 29.0 Å². The van der Waals surface area contributed by atoms with E-state index in [0.717, 1.165) is 16.6 Å². The summed E-state index contributed by atoms with van der Waals surface area (Å²) in [6, 6.07) is 6.65. The first-order valence-corrected chi connectivity index (χ1v) is 6.95. The molecule has 3 rings (SSSR count). The minimum absolute atomic E-state index is 0.236. The Hall–Kier alpha value is -1.42. The normalized spacial score (nSPS) is 17.0. The summed E-state index contributed by atoms with van der Waals surface area (Å²) >= 11 is 1.65. The van der Waals surface area contributed by atoms with Crippen molar-refractivity contribution in [2.24, 2.45) is 0 Å². The van der Waals surface area contributed by atoms with Crippen molar-refractivity contribution in [2.45, 2.75) is 26.2 Å². The molecule has 0 saturated carbocycles. The van der Waals surface area contributed by atoms with Gasteiger partial charge in [-0.2, -0.15) is 0 Å². The van der Waals surface area contributed by atoms with E-state index in [9.17, 15) is 0 Å². The molecule has 4 heteroatoms. The molecule has 2 heterocycles. The maximum absolute atomic E-state index is 4.22. The third-order valence-electron chi connectivity index (χ3n) is 3.54. The molecule has 0 N–H and O–H groups in total. The summed E-state index contributed by atoms with van der Waals surface area (Å²) in [4.78, 5) is 2.33. The van der Waals surface area contributed by atoms with Crippen molar-refractivity contribution in [3.05, 3.63) is 28.8 Å². The second-order valence-corrected chi connectivity index (χ2v) is 6.78. The number of benzene rings is 1. The number of rotatable bonds is 1. The van der Waals surface area contributed by atoms with Crippen LogP contribution in [0.2, 0.25) is 0 Å². The average Bonchev–Trinajstić information content (AvgIpc) is 2.82. The fraction of sp³-hybridized carbons (Fsp3) is 0.429. The van der Waals surface area contributed by atoms with Gasteiger partial charge in [0.1, 0.15) is 10.0 Å². The molecule has 0 aliphatic carbocycles. The highest BCUT2D eigenvalue weighted by Gasteiger charge is 2.33. The number of hydrogen-bond acceptors (Lipinski definition) is 4. The van der Waals surface area contributed by atoms with Gasteiger partial charge in [-0.05, 0) is 18.6 Å². The quantitative estimate of drug-likeness (QED) is 0.787. The molecule has 0 atom stereocenters. The summed E-state index contributed by atoms with van der Waals surface area (Å²) in [7, 11) is 2.16. The highest BCUT2D eigenvalue weighted by atomic mass is 32.1.